The van der Waals surface area contributed by atoms with Crippen molar-refractivity contribution >= 4 is 23.2 Å². The van der Waals surface area contributed by atoms with Gasteiger partial charge in [-0.05, 0) is 42.7 Å². The summed E-state index contributed by atoms with van der Waals surface area (Å²) in [5.74, 6) is -0.726. The van der Waals surface area contributed by atoms with Gasteiger partial charge in [0.1, 0.15) is 5.82 Å². The van der Waals surface area contributed by atoms with Crippen LogP contribution in [0.4, 0.5) is 4.39 Å². The molecule has 0 atom stereocenters. The van der Waals surface area contributed by atoms with Gasteiger partial charge in [-0.25, -0.2) is 4.39 Å². The smallest absolute Gasteiger partial charge is 0.261 e. The molecule has 0 radical (unpaired) electrons. The quantitative estimate of drug-likeness (QED) is 0.890. The average Bonchev–Trinajstić information content (AvgIpc) is 3.18. The van der Waals surface area contributed by atoms with Crippen molar-refractivity contribution in [2.45, 2.75) is 18.9 Å². The Labute approximate surface area is 131 Å². The predicted molar refractivity (Wildman–Crippen MR) is 83.2 cm³/mol. The molecule has 1 aromatic heterocycles. The first kappa shape index (κ1) is 14.7. The van der Waals surface area contributed by atoms with Gasteiger partial charge in [0.05, 0.1) is 11.4 Å². The number of rotatable bonds is 5. The lowest BCUT2D eigenvalue weighted by Crippen LogP contribution is -2.37. The van der Waals surface area contributed by atoms with E-state index in [1.165, 1.54) is 23.5 Å². The largest absolute Gasteiger partial charge is 0.352 e. The zero-order valence-corrected chi connectivity index (χ0v) is 12.6. The van der Waals surface area contributed by atoms with Gasteiger partial charge >= 0.3 is 0 Å². The number of carbonyl (C=O) groups is 2. The Hall–Kier alpha value is -2.21. The fourth-order valence-electron chi connectivity index (χ4n) is 1.98. The van der Waals surface area contributed by atoms with Crippen molar-refractivity contribution in [3.8, 4) is 10.4 Å². The molecule has 0 aliphatic heterocycles. The van der Waals surface area contributed by atoms with Crippen molar-refractivity contribution in [2.75, 3.05) is 6.54 Å². The first-order chi connectivity index (χ1) is 10.6. The molecular weight excluding hydrogens is 303 g/mol. The number of hydrogen-bond donors (Lipinski definition) is 2. The van der Waals surface area contributed by atoms with Crippen molar-refractivity contribution in [3.05, 3.63) is 47.1 Å². The molecule has 3 rings (SSSR count). The lowest BCUT2D eigenvalue weighted by molar-refractivity contribution is -0.120. The van der Waals surface area contributed by atoms with E-state index < -0.39 is 0 Å². The molecule has 1 saturated carbocycles. The van der Waals surface area contributed by atoms with Crippen molar-refractivity contribution < 1.29 is 14.0 Å². The number of benzene rings is 1. The fraction of sp³-hybridized carbons (Fsp3) is 0.250. The van der Waals surface area contributed by atoms with Gasteiger partial charge in [-0.1, -0.05) is 12.1 Å². The molecule has 0 saturated heterocycles. The summed E-state index contributed by atoms with van der Waals surface area (Å²) in [5.41, 5.74) is 0.858. The van der Waals surface area contributed by atoms with E-state index in [9.17, 15) is 14.0 Å². The Kier molecular flexibility index (Phi) is 4.20. The van der Waals surface area contributed by atoms with Gasteiger partial charge in [0.25, 0.3) is 5.91 Å². The normalized spacial score (nSPS) is 13.7. The SMILES string of the molecule is O=C(CNC(=O)c1ccc(-c2ccc(F)cc2)s1)NC1CC1. The molecular formula is C16H15FN2O2S. The van der Waals surface area contributed by atoms with Crippen molar-refractivity contribution in [1.82, 2.24) is 10.6 Å². The number of nitrogens with one attached hydrogen (secondary N) is 2. The fourth-order valence-corrected chi connectivity index (χ4v) is 2.91. The molecule has 4 nitrogen and oxygen atoms in total. The maximum absolute atomic E-state index is 12.9. The molecule has 1 aliphatic carbocycles. The summed E-state index contributed by atoms with van der Waals surface area (Å²) in [6, 6.07) is 9.93. The summed E-state index contributed by atoms with van der Waals surface area (Å²) in [4.78, 5) is 24.9. The van der Waals surface area contributed by atoms with E-state index in [1.807, 2.05) is 6.07 Å². The van der Waals surface area contributed by atoms with Crippen LogP contribution in [-0.2, 0) is 4.79 Å². The van der Waals surface area contributed by atoms with Gasteiger partial charge in [-0.2, -0.15) is 0 Å². The van der Waals surface area contributed by atoms with Crippen molar-refractivity contribution in [1.29, 1.82) is 0 Å². The third-order valence-corrected chi connectivity index (χ3v) is 4.44. The zero-order chi connectivity index (χ0) is 15.5. The monoisotopic (exact) mass is 318 g/mol. The van der Waals surface area contributed by atoms with Gasteiger partial charge in [-0.3, -0.25) is 9.59 Å². The maximum atomic E-state index is 12.9. The zero-order valence-electron chi connectivity index (χ0n) is 11.8. The van der Waals surface area contributed by atoms with Crippen molar-refractivity contribution in [3.63, 3.8) is 0 Å². The highest BCUT2D eigenvalue weighted by Crippen LogP contribution is 2.28. The summed E-state index contributed by atoms with van der Waals surface area (Å²) in [5, 5.41) is 5.42. The summed E-state index contributed by atoms with van der Waals surface area (Å²) in [6.45, 7) is -0.0148. The van der Waals surface area contributed by atoms with Crippen LogP contribution in [0.5, 0.6) is 0 Å². The molecule has 1 fully saturated rings. The van der Waals surface area contributed by atoms with E-state index in [0.29, 0.717) is 4.88 Å². The maximum Gasteiger partial charge on any atom is 0.261 e. The second-order valence-electron chi connectivity index (χ2n) is 5.20. The molecule has 0 spiro atoms. The Balaban J connectivity index is 1.58. The van der Waals surface area contributed by atoms with E-state index in [0.717, 1.165) is 23.3 Å². The second kappa shape index (κ2) is 6.27. The molecule has 1 aromatic carbocycles. The topological polar surface area (TPSA) is 58.2 Å². The van der Waals surface area contributed by atoms with Gasteiger partial charge in [0, 0.05) is 10.9 Å². The van der Waals surface area contributed by atoms with Crippen LogP contribution in [0.25, 0.3) is 10.4 Å². The lowest BCUT2D eigenvalue weighted by Gasteiger charge is -2.04. The summed E-state index contributed by atoms with van der Waals surface area (Å²) >= 11 is 1.31. The highest BCUT2D eigenvalue weighted by molar-refractivity contribution is 7.17. The number of halogens is 1. The van der Waals surface area contributed by atoms with E-state index in [4.69, 9.17) is 0 Å². The van der Waals surface area contributed by atoms with E-state index in [-0.39, 0.29) is 30.2 Å². The van der Waals surface area contributed by atoms with E-state index in [1.54, 1.807) is 18.2 Å². The van der Waals surface area contributed by atoms with Gasteiger partial charge < -0.3 is 10.6 Å². The van der Waals surface area contributed by atoms with Gasteiger partial charge in [0.15, 0.2) is 0 Å². The minimum atomic E-state index is -0.292. The van der Waals surface area contributed by atoms with Crippen LogP contribution in [-0.4, -0.2) is 24.4 Å². The van der Waals surface area contributed by atoms with Crippen LogP contribution < -0.4 is 10.6 Å². The lowest BCUT2D eigenvalue weighted by atomic mass is 10.2. The van der Waals surface area contributed by atoms with Crippen molar-refractivity contribution in [2.24, 2.45) is 0 Å². The van der Waals surface area contributed by atoms with Gasteiger partial charge in [0.2, 0.25) is 5.91 Å². The van der Waals surface area contributed by atoms with Crippen LogP contribution in [0.3, 0.4) is 0 Å². The molecule has 0 bridgehead atoms. The van der Waals surface area contributed by atoms with E-state index in [2.05, 4.69) is 10.6 Å². The van der Waals surface area contributed by atoms with Crippen LogP contribution in [0, 0.1) is 5.82 Å². The van der Waals surface area contributed by atoms with Crippen LogP contribution in [0.1, 0.15) is 22.5 Å². The van der Waals surface area contributed by atoms with Crippen LogP contribution in [0.15, 0.2) is 36.4 Å². The van der Waals surface area contributed by atoms with E-state index >= 15 is 0 Å². The first-order valence-corrected chi connectivity index (χ1v) is 7.87. The predicted octanol–water partition coefficient (Wildman–Crippen LogP) is 2.56. The molecule has 22 heavy (non-hydrogen) atoms. The Morgan fingerprint density at radius 3 is 2.55 bits per heavy atom. The standard InChI is InChI=1S/C16H15FN2O2S/c17-11-3-1-10(2-4-11)13-7-8-14(22-13)16(21)18-9-15(20)19-12-5-6-12/h1-4,7-8,12H,5-6,9H2,(H,18,21)(H,19,20). The minimum absolute atomic E-state index is 0.0148. The van der Waals surface area contributed by atoms with Gasteiger partial charge in [-0.15, -0.1) is 11.3 Å². The Morgan fingerprint density at radius 1 is 1.14 bits per heavy atom. The second-order valence-corrected chi connectivity index (χ2v) is 6.28. The molecule has 2 aromatic rings. The molecule has 6 heteroatoms. The van der Waals surface area contributed by atoms with Crippen LogP contribution >= 0.6 is 11.3 Å². The molecule has 2 amide bonds. The number of amides is 2. The molecule has 1 heterocycles. The number of thiophene rings is 1. The summed E-state index contributed by atoms with van der Waals surface area (Å²) in [7, 11) is 0. The summed E-state index contributed by atoms with van der Waals surface area (Å²) < 4.78 is 12.9. The number of carbonyl (C=O) groups excluding carboxylic acids is 2. The molecule has 0 unspecified atom stereocenters. The third-order valence-electron chi connectivity index (χ3n) is 3.31. The highest BCUT2D eigenvalue weighted by atomic mass is 32.1. The molecule has 1 aliphatic rings. The summed E-state index contributed by atoms with van der Waals surface area (Å²) in [6.07, 6.45) is 2.04. The number of hydrogen-bond acceptors (Lipinski definition) is 3. The molecule has 114 valence electrons. The first-order valence-electron chi connectivity index (χ1n) is 7.05. The van der Waals surface area contributed by atoms with Crippen LogP contribution in [0.2, 0.25) is 0 Å². The average molecular weight is 318 g/mol. The minimum Gasteiger partial charge on any atom is -0.352 e. The highest BCUT2D eigenvalue weighted by Gasteiger charge is 2.23. The Bertz CT molecular complexity index is 692. The third kappa shape index (κ3) is 3.71. The Morgan fingerprint density at radius 2 is 1.86 bits per heavy atom. The molecule has 2 N–H and O–H groups in total.